The molecule has 4 aliphatic rings. The Hall–Kier alpha value is -6.14. The molecule has 108 heavy (non-hydrogen) atoms. The number of rotatable bonds is 20. The number of sulfonamides is 4. The van der Waals surface area contributed by atoms with Crippen LogP contribution in [0.2, 0.25) is 20.1 Å². The molecule has 4 heterocycles. The highest BCUT2D eigenvalue weighted by atomic mass is 35.5. The number of nitro groups is 4. The fourth-order valence-corrected chi connectivity index (χ4v) is 24.8. The van der Waals surface area contributed by atoms with Crippen LogP contribution in [0.5, 0.6) is 23.0 Å². The first kappa shape index (κ1) is 85.9. The maximum absolute atomic E-state index is 13.2. The van der Waals surface area contributed by atoms with Crippen molar-refractivity contribution in [1.29, 1.82) is 0 Å². The molecule has 0 aliphatic carbocycles. The topological polar surface area (TPSA) is 341 Å². The molecule has 0 bridgehead atoms. The van der Waals surface area contributed by atoms with Crippen molar-refractivity contribution in [3.8, 4) is 23.0 Å². The number of halogens is 4. The number of aryl methyl sites for hydroxylation is 4. The molecule has 0 saturated carbocycles. The van der Waals surface area contributed by atoms with E-state index in [2.05, 4.69) is 0 Å². The number of hydrogen-bond acceptors (Lipinski definition) is 24. The first-order valence-electron chi connectivity index (χ1n) is 32.4. The Morgan fingerprint density at radius 2 is 0.657 bits per heavy atom. The van der Waals surface area contributed by atoms with E-state index >= 15 is 0 Å². The maximum atomic E-state index is 13.2. The third kappa shape index (κ3) is 22.2. The molecule has 0 unspecified atom stereocenters. The van der Waals surface area contributed by atoms with Gasteiger partial charge in [-0.15, -0.1) is 0 Å². The van der Waals surface area contributed by atoms with E-state index in [9.17, 15) is 74.1 Å². The van der Waals surface area contributed by atoms with Crippen molar-refractivity contribution in [2.75, 3.05) is 98.4 Å². The van der Waals surface area contributed by atoms with Gasteiger partial charge in [0, 0.05) is 183 Å². The minimum Gasteiger partial charge on any atom is -0.456 e. The molecule has 4 saturated heterocycles. The highest BCUT2D eigenvalue weighted by Gasteiger charge is 2.36. The van der Waals surface area contributed by atoms with Gasteiger partial charge in [0.2, 0.25) is 40.1 Å². The fraction of sp³-hybridized carbons (Fsp3) is 0.294. The Labute approximate surface area is 670 Å². The van der Waals surface area contributed by atoms with Crippen LogP contribution in [0.4, 0.5) is 22.7 Å². The van der Waals surface area contributed by atoms with Gasteiger partial charge in [0.05, 0.1) is 29.7 Å². The van der Waals surface area contributed by atoms with Crippen LogP contribution in [0, 0.1) is 68.2 Å². The highest BCUT2D eigenvalue weighted by Crippen LogP contribution is 2.44. The summed E-state index contributed by atoms with van der Waals surface area (Å²) in [6.45, 7) is 10.7. The van der Waals surface area contributed by atoms with Gasteiger partial charge in [-0.05, 0) is 117 Å². The minimum atomic E-state index is -3.98. The molecule has 26 nitrogen and oxygen atoms in total. The van der Waals surface area contributed by atoms with E-state index in [4.69, 9.17) is 55.9 Å². The van der Waals surface area contributed by atoms with Crippen LogP contribution < -0.4 is 9.47 Å². The van der Waals surface area contributed by atoms with Crippen molar-refractivity contribution in [3.63, 3.8) is 0 Å². The normalized spacial score (nSPS) is 15.6. The number of hydrogen-bond donors (Lipinski definition) is 0. The van der Waals surface area contributed by atoms with E-state index in [1.54, 1.807) is 71.3 Å². The van der Waals surface area contributed by atoms with Crippen LogP contribution in [-0.4, -0.2) is 169 Å². The molecule has 0 amide bonds. The third-order valence-electron chi connectivity index (χ3n) is 16.3. The quantitative estimate of drug-likeness (QED) is 0.0505. The molecule has 40 heteroatoms. The Morgan fingerprint density at radius 1 is 0.333 bits per heavy atom. The van der Waals surface area contributed by atoms with E-state index in [0.29, 0.717) is 122 Å². The number of ether oxygens (including phenoxy) is 2. The SMILES string of the molecule is Cc1ccc(C)c(Oc2ccc([N+](=O)[O-])cc2S(=O)(=O)N2CCSCC2)c1.Cc1ccc(C)c(Sc2ccc([N+](=O)[O-])cc2S(=O)(=O)N2CCSCC2)c1.O=[N+]([O-])c1ccc(Oc2cc(Cl)ccc2Cl)c(S(=O)(=O)N2CCSCC2)c1.O=[N+]([O-])c1ccc(Sc2cc(Cl)ccc2Cl)c(S(=O)(=O)N2CCSCC2)c1. The molecule has 0 N–H and O–H groups in total. The summed E-state index contributed by atoms with van der Waals surface area (Å²) in [5.74, 6) is 6.26. The average Bonchev–Trinajstić information content (AvgIpc) is 0.795. The summed E-state index contributed by atoms with van der Waals surface area (Å²) < 4.78 is 122. The lowest BCUT2D eigenvalue weighted by molar-refractivity contribution is -0.385. The fourth-order valence-electron chi connectivity index (χ4n) is 10.5. The van der Waals surface area contributed by atoms with Crippen LogP contribution >= 0.6 is 117 Å². The summed E-state index contributed by atoms with van der Waals surface area (Å²) in [4.78, 5) is 44.1. The minimum absolute atomic E-state index is 0.00880. The summed E-state index contributed by atoms with van der Waals surface area (Å²) in [5.41, 5.74) is 2.79. The van der Waals surface area contributed by atoms with Gasteiger partial charge in [0.15, 0.2) is 0 Å². The molecule has 0 spiro atoms. The summed E-state index contributed by atoms with van der Waals surface area (Å²) in [5, 5.41) is 46.2. The van der Waals surface area contributed by atoms with Crippen LogP contribution in [0.3, 0.4) is 0 Å². The van der Waals surface area contributed by atoms with Crippen molar-refractivity contribution in [1.82, 2.24) is 17.2 Å². The number of nitrogens with zero attached hydrogens (tertiary/aromatic N) is 8. The Bertz CT molecular complexity index is 4540. The van der Waals surface area contributed by atoms with Crippen LogP contribution in [0.1, 0.15) is 22.3 Å². The van der Waals surface area contributed by atoms with Gasteiger partial charge in [-0.1, -0.05) is 94.2 Å². The second kappa shape index (κ2) is 38.4. The molecule has 576 valence electrons. The Balaban J connectivity index is 0.000000166. The predicted molar refractivity (Wildman–Crippen MR) is 430 cm³/mol. The van der Waals surface area contributed by atoms with Crippen molar-refractivity contribution in [2.24, 2.45) is 0 Å². The standard InChI is InChI=1S/C18H20N2O5S2.C18H20N2O4S3.C16H14Cl2N2O5S2.C16H14Cl2N2O4S3/c1-13-3-4-14(2)17(11-13)25-16-6-5-15(20(21)22)12-18(16)27(23,24)19-7-9-26-10-8-19;1-13-3-4-14(2)17(11-13)26-16-6-5-15(20(21)22)12-18(16)27(23,24)19-7-9-25-10-8-19;17-11-1-3-13(18)15(9-11)25-14-4-2-12(20(21)22)10-16(14)27(23,24)19-5-7-26-8-6-19;17-11-1-3-13(18)15(9-11)26-14-4-2-12(20(21)22)10-16(14)27(23,24)19-5-7-25-8-6-19/h2*3-6,11-12H,7-10H2,1-2H3;2*1-4,9-10H,5-8H2. The summed E-state index contributed by atoms with van der Waals surface area (Å²) in [7, 11) is -15.5. The Kier molecular flexibility index (Phi) is 30.5. The van der Waals surface area contributed by atoms with Gasteiger partial charge in [-0.2, -0.15) is 64.3 Å². The first-order chi connectivity index (χ1) is 51.1. The lowest BCUT2D eigenvalue weighted by Gasteiger charge is -2.26. The van der Waals surface area contributed by atoms with Gasteiger partial charge in [0.25, 0.3) is 22.7 Å². The number of benzene rings is 8. The molecule has 8 aromatic rings. The summed E-state index contributed by atoms with van der Waals surface area (Å²) >= 11 is 33.4. The predicted octanol–water partition coefficient (Wildman–Crippen LogP) is 17.1. The van der Waals surface area contributed by atoms with Gasteiger partial charge < -0.3 is 9.47 Å². The van der Waals surface area contributed by atoms with E-state index in [1.165, 1.54) is 95.7 Å². The molecular weight excluding hydrogens is 1680 g/mol. The smallest absolute Gasteiger partial charge is 0.271 e. The monoisotopic (exact) mass is 1740 g/mol. The average molecular weight is 1750 g/mol. The van der Waals surface area contributed by atoms with E-state index in [-0.39, 0.29) is 64.6 Å². The number of nitro benzene ring substituents is 4. The second-order valence-corrected chi connectivity index (χ2v) is 40.1. The van der Waals surface area contributed by atoms with Gasteiger partial charge in [-0.25, -0.2) is 33.7 Å². The first-order valence-corrected chi connectivity index (χ1v) is 45.9. The van der Waals surface area contributed by atoms with Crippen LogP contribution in [-0.2, 0) is 40.1 Å². The largest absolute Gasteiger partial charge is 0.456 e. The zero-order chi connectivity index (χ0) is 78.4. The van der Waals surface area contributed by atoms with Gasteiger partial charge >= 0.3 is 0 Å². The lowest BCUT2D eigenvalue weighted by atomic mass is 10.1. The maximum Gasteiger partial charge on any atom is 0.271 e. The van der Waals surface area contributed by atoms with Crippen molar-refractivity contribution in [3.05, 3.63) is 228 Å². The van der Waals surface area contributed by atoms with Crippen molar-refractivity contribution in [2.45, 2.75) is 66.9 Å². The molecule has 0 atom stereocenters. The van der Waals surface area contributed by atoms with Crippen LogP contribution in [0.15, 0.2) is 185 Å². The Morgan fingerprint density at radius 3 is 1.06 bits per heavy atom. The zero-order valence-electron chi connectivity index (χ0n) is 57.7. The molecule has 8 aromatic carbocycles. The molecular formula is C68H68Cl4N8O18S10. The summed E-state index contributed by atoms with van der Waals surface area (Å²) in [6, 6.07) is 36.0. The van der Waals surface area contributed by atoms with Crippen molar-refractivity contribution < 1.29 is 62.8 Å². The number of thioether (sulfide) groups is 4. The van der Waals surface area contributed by atoms with Gasteiger partial charge in [0.1, 0.15) is 42.6 Å². The highest BCUT2D eigenvalue weighted by molar-refractivity contribution is 8.01. The molecule has 0 aromatic heterocycles. The third-order valence-corrected chi connectivity index (χ3v) is 31.6. The van der Waals surface area contributed by atoms with Crippen molar-refractivity contribution >= 4 is 180 Å². The van der Waals surface area contributed by atoms with E-state index in [0.717, 1.165) is 68.6 Å². The molecule has 12 rings (SSSR count). The molecule has 0 radical (unpaired) electrons. The summed E-state index contributed by atoms with van der Waals surface area (Å²) in [6.07, 6.45) is 0. The second-order valence-electron chi connectivity index (χ2n) is 23.7. The van der Waals surface area contributed by atoms with E-state index < -0.39 is 59.8 Å². The van der Waals surface area contributed by atoms with Gasteiger partial charge in [-0.3, -0.25) is 40.5 Å². The molecule has 4 aliphatic heterocycles. The molecule has 4 fully saturated rings. The zero-order valence-corrected chi connectivity index (χ0v) is 68.9. The lowest BCUT2D eigenvalue weighted by Crippen LogP contribution is -2.38. The number of non-ortho nitro benzene ring substituents is 4. The van der Waals surface area contributed by atoms with Crippen LogP contribution in [0.25, 0.3) is 0 Å². The van der Waals surface area contributed by atoms with E-state index in [1.807, 2.05) is 64.1 Å².